The van der Waals surface area contributed by atoms with Crippen molar-refractivity contribution in [3.8, 4) is 83.8 Å². The first-order chi connectivity index (χ1) is 34.2. The van der Waals surface area contributed by atoms with Gasteiger partial charge in [0, 0.05) is 11.3 Å². The number of hydrogen-bond donors (Lipinski definition) is 0. The maximum atomic E-state index is 7.50. The molecule has 0 fully saturated rings. The molecule has 69 heavy (non-hydrogen) atoms. The number of benzene rings is 12. The summed E-state index contributed by atoms with van der Waals surface area (Å²) in [5.41, 5.74) is 19.4. The van der Waals surface area contributed by atoms with Crippen LogP contribution in [0.3, 0.4) is 0 Å². The van der Waals surface area contributed by atoms with Gasteiger partial charge in [0.2, 0.25) is 0 Å². The molecule has 1 aliphatic carbocycles. The molecule has 0 saturated carbocycles. The minimum absolute atomic E-state index is 0.644. The van der Waals surface area contributed by atoms with Crippen molar-refractivity contribution in [1.82, 2.24) is 9.55 Å². The summed E-state index contributed by atoms with van der Waals surface area (Å²) in [6, 6.07) is 85.6. The smallest absolute Gasteiger partial charge is 0.187 e. The first-order valence-electron chi connectivity index (χ1n) is 23.5. The topological polar surface area (TPSA) is 22.2 Å². The number of fused-ring (bicyclic) bond motifs is 9. The highest BCUT2D eigenvalue weighted by molar-refractivity contribution is 6.27. The maximum absolute atomic E-state index is 7.50. The third-order valence-electron chi connectivity index (χ3n) is 14.4. The lowest BCUT2D eigenvalue weighted by Crippen LogP contribution is -1.97. The molecule has 318 valence electrons. The van der Waals surface area contributed by atoms with E-state index in [0.29, 0.717) is 5.69 Å². The van der Waals surface area contributed by atoms with Crippen LogP contribution in [0.2, 0.25) is 0 Å². The zero-order valence-corrected chi connectivity index (χ0v) is 37.4. The molecule has 1 aromatic heterocycles. The Morgan fingerprint density at radius 2 is 0.841 bits per heavy atom. The number of nitrogens with zero attached hydrogens (tertiary/aromatic N) is 3. The fourth-order valence-electron chi connectivity index (χ4n) is 11.1. The molecule has 0 N–H and O–H groups in total. The molecule has 1 heterocycles. The predicted octanol–water partition coefficient (Wildman–Crippen LogP) is 18.2. The van der Waals surface area contributed by atoms with Gasteiger partial charge in [0.1, 0.15) is 5.82 Å². The van der Waals surface area contributed by atoms with Gasteiger partial charge in [-0.25, -0.2) is 9.83 Å². The molecule has 0 saturated heterocycles. The maximum Gasteiger partial charge on any atom is 0.187 e. The highest BCUT2D eigenvalue weighted by Gasteiger charge is 2.26. The predicted molar refractivity (Wildman–Crippen MR) is 289 cm³/mol. The van der Waals surface area contributed by atoms with Crippen LogP contribution in [0.4, 0.5) is 5.69 Å². The Morgan fingerprint density at radius 1 is 0.319 bits per heavy atom. The number of para-hydroxylation sites is 2. The summed E-state index contributed by atoms with van der Waals surface area (Å²) in [6.07, 6.45) is 0. The Labute approximate surface area is 399 Å². The Bertz CT molecular complexity index is 4260. The van der Waals surface area contributed by atoms with Crippen LogP contribution in [-0.4, -0.2) is 9.55 Å². The fraction of sp³-hybridized carbons (Fsp3) is 0. The molecule has 0 amide bonds. The first kappa shape index (κ1) is 38.9. The average Bonchev–Trinajstić information content (AvgIpc) is 3.97. The molecule has 0 radical (unpaired) electrons. The molecule has 0 bridgehead atoms. The average molecular weight is 874 g/mol. The number of rotatable bonds is 6. The molecule has 3 nitrogen and oxygen atoms in total. The molecule has 12 aromatic carbocycles. The largest absolute Gasteiger partial charge is 0.292 e. The molecule has 14 rings (SSSR count). The lowest BCUT2D eigenvalue weighted by Gasteiger charge is -2.18. The van der Waals surface area contributed by atoms with Crippen molar-refractivity contribution in [2.45, 2.75) is 0 Å². The van der Waals surface area contributed by atoms with Gasteiger partial charge in [-0.05, 0) is 164 Å². The van der Waals surface area contributed by atoms with E-state index in [0.717, 1.165) is 39.2 Å². The van der Waals surface area contributed by atoms with Crippen LogP contribution >= 0.6 is 0 Å². The van der Waals surface area contributed by atoms with E-state index in [1.165, 1.54) is 98.7 Å². The Kier molecular flexibility index (Phi) is 8.65. The number of imidazole rings is 1. The molecule has 13 aromatic rings. The molecule has 1 aliphatic rings. The van der Waals surface area contributed by atoms with E-state index in [4.69, 9.17) is 11.6 Å². The Hall–Kier alpha value is -9.36. The van der Waals surface area contributed by atoms with E-state index in [2.05, 4.69) is 228 Å². The van der Waals surface area contributed by atoms with E-state index in [1.807, 2.05) is 18.2 Å². The SMILES string of the molecule is [C-]#[N+]c1ccc(-c2ccc3c(c2)c(-c2ccccc2)cc2c4cc5c(cc4c(-c4ccccc4)cc32)-c2cccc3c(-c4ccc(-n6c(-c7ccccc7)nc7ccccc76)cc4)ccc-5c23)cc1. The minimum atomic E-state index is 0.644. The zero-order valence-electron chi connectivity index (χ0n) is 37.4. The zero-order chi connectivity index (χ0) is 45.6. The van der Waals surface area contributed by atoms with Crippen LogP contribution in [0.15, 0.2) is 237 Å². The van der Waals surface area contributed by atoms with Gasteiger partial charge < -0.3 is 0 Å². The molecule has 3 heteroatoms. The van der Waals surface area contributed by atoms with Crippen LogP contribution in [0.5, 0.6) is 0 Å². The van der Waals surface area contributed by atoms with Crippen molar-refractivity contribution >= 4 is 59.8 Å². The normalized spacial score (nSPS) is 11.8. The summed E-state index contributed by atoms with van der Waals surface area (Å²) in [4.78, 5) is 8.73. The summed E-state index contributed by atoms with van der Waals surface area (Å²) in [5, 5.41) is 9.91. The van der Waals surface area contributed by atoms with Gasteiger partial charge in [0.15, 0.2) is 5.69 Å². The highest BCUT2D eigenvalue weighted by atomic mass is 15.1. The second-order valence-corrected chi connectivity index (χ2v) is 18.1. The summed E-state index contributed by atoms with van der Waals surface area (Å²) >= 11 is 0. The van der Waals surface area contributed by atoms with Crippen molar-refractivity contribution in [2.24, 2.45) is 0 Å². The van der Waals surface area contributed by atoms with Gasteiger partial charge in [-0.3, -0.25) is 4.57 Å². The summed E-state index contributed by atoms with van der Waals surface area (Å²) in [7, 11) is 0. The van der Waals surface area contributed by atoms with Gasteiger partial charge in [-0.2, -0.15) is 0 Å². The monoisotopic (exact) mass is 873 g/mol. The molecule has 0 atom stereocenters. The van der Waals surface area contributed by atoms with Gasteiger partial charge in [-0.15, -0.1) is 0 Å². The van der Waals surface area contributed by atoms with Gasteiger partial charge in [0.25, 0.3) is 0 Å². The third kappa shape index (κ3) is 6.10. The lowest BCUT2D eigenvalue weighted by atomic mass is 9.85. The van der Waals surface area contributed by atoms with E-state index in [9.17, 15) is 0 Å². The molecule has 0 spiro atoms. The lowest BCUT2D eigenvalue weighted by molar-refractivity contribution is 1.10. The van der Waals surface area contributed by atoms with E-state index in [1.54, 1.807) is 0 Å². The summed E-state index contributed by atoms with van der Waals surface area (Å²) < 4.78 is 2.28. The van der Waals surface area contributed by atoms with Gasteiger partial charge >= 0.3 is 0 Å². The minimum Gasteiger partial charge on any atom is -0.292 e. The fourth-order valence-corrected chi connectivity index (χ4v) is 11.1. The van der Waals surface area contributed by atoms with Crippen LogP contribution < -0.4 is 0 Å². The standard InChI is InChI=1S/C66H39N3/c1-67-47-29-24-41(25-30-47)46-28-33-50-56(36-46)54(42-14-5-2-6-15-42)38-61-57(50)37-55(43-16-7-3-8-17-43)60-39-58-52-21-13-20-51-49(34-35-53(65(51)52)59(58)40-62(60)61)44-26-31-48(32-27-44)69-64-23-12-11-22-63(64)68-66(69)45-18-9-4-10-19-45/h2-40H. The van der Waals surface area contributed by atoms with Crippen molar-refractivity contribution in [3.63, 3.8) is 0 Å². The van der Waals surface area contributed by atoms with Crippen molar-refractivity contribution in [1.29, 1.82) is 0 Å². The van der Waals surface area contributed by atoms with E-state index < -0.39 is 0 Å². The molecule has 0 aliphatic heterocycles. The van der Waals surface area contributed by atoms with Crippen LogP contribution in [0.1, 0.15) is 0 Å². The van der Waals surface area contributed by atoms with Crippen molar-refractivity contribution < 1.29 is 0 Å². The van der Waals surface area contributed by atoms with E-state index in [-0.39, 0.29) is 0 Å². The second kappa shape index (κ2) is 15.4. The number of hydrogen-bond acceptors (Lipinski definition) is 1. The molecular weight excluding hydrogens is 835 g/mol. The summed E-state index contributed by atoms with van der Waals surface area (Å²) in [5.74, 6) is 0.933. The van der Waals surface area contributed by atoms with Crippen molar-refractivity contribution in [2.75, 3.05) is 0 Å². The quantitative estimate of drug-likeness (QED) is 0.121. The van der Waals surface area contributed by atoms with E-state index >= 15 is 0 Å². The molecule has 0 unspecified atom stereocenters. The highest BCUT2D eigenvalue weighted by Crippen LogP contribution is 2.53. The van der Waals surface area contributed by atoms with Crippen molar-refractivity contribution in [3.05, 3.63) is 248 Å². The van der Waals surface area contributed by atoms with Gasteiger partial charge in [0.05, 0.1) is 17.6 Å². The van der Waals surface area contributed by atoms with Crippen LogP contribution in [-0.2, 0) is 0 Å². The first-order valence-corrected chi connectivity index (χ1v) is 23.5. The van der Waals surface area contributed by atoms with Crippen LogP contribution in [0.25, 0.3) is 143 Å². The molecular formula is C66H39N3. The second-order valence-electron chi connectivity index (χ2n) is 18.1. The third-order valence-corrected chi connectivity index (χ3v) is 14.4. The Balaban J connectivity index is 0.960. The Morgan fingerprint density at radius 3 is 1.54 bits per heavy atom. The van der Waals surface area contributed by atoms with Crippen LogP contribution in [0, 0.1) is 6.57 Å². The number of aromatic nitrogens is 2. The summed E-state index contributed by atoms with van der Waals surface area (Å²) in [6.45, 7) is 7.50. The van der Waals surface area contributed by atoms with Gasteiger partial charge in [-0.1, -0.05) is 182 Å².